The molecule has 1 atom stereocenters. The molecule has 1 aromatic carbocycles. The van der Waals surface area contributed by atoms with Crippen LogP contribution in [0.4, 0.5) is 5.82 Å². The normalized spacial score (nSPS) is 16.4. The van der Waals surface area contributed by atoms with Crippen LogP contribution >= 0.6 is 11.6 Å². The molecule has 6 heteroatoms. The van der Waals surface area contributed by atoms with Crippen LogP contribution < -0.4 is 5.32 Å². The minimum Gasteiger partial charge on any atom is -0.388 e. The van der Waals surface area contributed by atoms with Gasteiger partial charge in [0.1, 0.15) is 5.82 Å². The fourth-order valence-electron chi connectivity index (χ4n) is 3.49. The van der Waals surface area contributed by atoms with E-state index in [2.05, 4.69) is 10.3 Å². The molecule has 144 valence electrons. The second-order valence-corrected chi connectivity index (χ2v) is 7.76. The molecule has 0 saturated carbocycles. The number of carbonyl (C=O) groups excluding carboxylic acids is 1. The van der Waals surface area contributed by atoms with Crippen molar-refractivity contribution in [3.63, 3.8) is 0 Å². The topological polar surface area (TPSA) is 65.5 Å². The lowest BCUT2D eigenvalue weighted by molar-refractivity contribution is 0.0462. The average Bonchev–Trinajstić information content (AvgIpc) is 2.68. The molecule has 3 rings (SSSR count). The van der Waals surface area contributed by atoms with Gasteiger partial charge in [-0.15, -0.1) is 0 Å². The van der Waals surface area contributed by atoms with Crippen LogP contribution in [-0.2, 0) is 0 Å². The molecule has 1 unspecified atom stereocenters. The predicted octanol–water partition coefficient (Wildman–Crippen LogP) is 4.14. The van der Waals surface area contributed by atoms with Gasteiger partial charge < -0.3 is 15.3 Å². The number of aromatic nitrogens is 1. The smallest absolute Gasteiger partial charge is 0.257 e. The minimum absolute atomic E-state index is 0.00863. The quantitative estimate of drug-likeness (QED) is 0.809. The van der Waals surface area contributed by atoms with E-state index in [0.29, 0.717) is 29.5 Å². The van der Waals surface area contributed by atoms with E-state index in [1.54, 1.807) is 24.4 Å². The van der Waals surface area contributed by atoms with Gasteiger partial charge in [-0.3, -0.25) is 4.79 Å². The van der Waals surface area contributed by atoms with E-state index >= 15 is 0 Å². The molecule has 0 spiro atoms. The number of benzene rings is 1. The third-order valence-electron chi connectivity index (χ3n) is 4.95. The number of halogens is 1. The first-order valence-electron chi connectivity index (χ1n) is 9.40. The summed E-state index contributed by atoms with van der Waals surface area (Å²) >= 11 is 5.92. The summed E-state index contributed by atoms with van der Waals surface area (Å²) in [6, 6.07) is 11.1. The number of rotatable bonds is 5. The van der Waals surface area contributed by atoms with Gasteiger partial charge in [0.15, 0.2) is 0 Å². The maximum atomic E-state index is 13.0. The largest absolute Gasteiger partial charge is 0.388 e. The van der Waals surface area contributed by atoms with Crippen molar-refractivity contribution in [2.24, 2.45) is 5.92 Å². The van der Waals surface area contributed by atoms with Crippen molar-refractivity contribution in [3.8, 4) is 0 Å². The Morgan fingerprint density at radius 3 is 2.52 bits per heavy atom. The highest BCUT2D eigenvalue weighted by molar-refractivity contribution is 6.30. The number of hydrogen-bond donors (Lipinski definition) is 2. The summed E-state index contributed by atoms with van der Waals surface area (Å²) in [7, 11) is 0. The Kier molecular flexibility index (Phi) is 6.34. The molecular formula is C21H26ClN3O2. The molecule has 5 nitrogen and oxygen atoms in total. The second kappa shape index (κ2) is 8.72. The van der Waals surface area contributed by atoms with E-state index in [1.807, 2.05) is 36.9 Å². The number of piperidine rings is 1. The monoisotopic (exact) mass is 387 g/mol. The van der Waals surface area contributed by atoms with E-state index in [0.717, 1.165) is 18.4 Å². The summed E-state index contributed by atoms with van der Waals surface area (Å²) in [4.78, 5) is 19.1. The summed E-state index contributed by atoms with van der Waals surface area (Å²) in [6.45, 7) is 5.30. The first-order valence-corrected chi connectivity index (χ1v) is 9.78. The molecule has 1 aromatic heterocycles. The van der Waals surface area contributed by atoms with Crippen LogP contribution in [0.3, 0.4) is 0 Å². The number of hydrogen-bond acceptors (Lipinski definition) is 4. The number of pyridine rings is 1. The molecule has 1 aliphatic heterocycles. The van der Waals surface area contributed by atoms with Gasteiger partial charge in [-0.05, 0) is 62.4 Å². The Hall–Kier alpha value is -2.11. The van der Waals surface area contributed by atoms with E-state index < -0.39 is 6.10 Å². The Labute approximate surface area is 165 Å². The van der Waals surface area contributed by atoms with E-state index in [4.69, 9.17) is 11.6 Å². The maximum absolute atomic E-state index is 13.0. The van der Waals surface area contributed by atoms with Crippen LogP contribution in [0.25, 0.3) is 0 Å². The number of aliphatic hydroxyl groups is 1. The number of carbonyl (C=O) groups is 1. The molecular weight excluding hydrogens is 362 g/mol. The molecule has 1 saturated heterocycles. The number of aliphatic hydroxyl groups excluding tert-OH is 1. The SMILES string of the molecule is CC(C)Nc1ncccc1C(=O)N1CCC(C(O)c2ccc(Cl)cc2)CC1. The third kappa shape index (κ3) is 4.79. The van der Waals surface area contributed by atoms with Gasteiger partial charge in [0.2, 0.25) is 0 Å². The molecule has 27 heavy (non-hydrogen) atoms. The average molecular weight is 388 g/mol. The molecule has 1 amide bonds. The first-order chi connectivity index (χ1) is 13.0. The molecule has 2 N–H and O–H groups in total. The van der Waals surface area contributed by atoms with Gasteiger partial charge in [-0.1, -0.05) is 23.7 Å². The zero-order valence-corrected chi connectivity index (χ0v) is 16.5. The maximum Gasteiger partial charge on any atom is 0.257 e. The van der Waals surface area contributed by atoms with Crippen LogP contribution in [0, 0.1) is 5.92 Å². The number of likely N-dealkylation sites (tertiary alicyclic amines) is 1. The highest BCUT2D eigenvalue weighted by Gasteiger charge is 2.29. The lowest BCUT2D eigenvalue weighted by atomic mass is 9.87. The Bertz CT molecular complexity index is 771. The van der Waals surface area contributed by atoms with Crippen molar-refractivity contribution in [1.29, 1.82) is 0 Å². The van der Waals surface area contributed by atoms with Gasteiger partial charge in [0.25, 0.3) is 5.91 Å². The van der Waals surface area contributed by atoms with Gasteiger partial charge in [0, 0.05) is 30.4 Å². The second-order valence-electron chi connectivity index (χ2n) is 7.32. The van der Waals surface area contributed by atoms with Crippen molar-refractivity contribution < 1.29 is 9.90 Å². The first kappa shape index (κ1) is 19.6. The molecule has 2 heterocycles. The lowest BCUT2D eigenvalue weighted by Gasteiger charge is -2.34. The van der Waals surface area contributed by atoms with Gasteiger partial charge in [0.05, 0.1) is 11.7 Å². The van der Waals surface area contributed by atoms with Crippen molar-refractivity contribution in [2.45, 2.75) is 38.8 Å². The van der Waals surface area contributed by atoms with E-state index in [1.165, 1.54) is 0 Å². The third-order valence-corrected chi connectivity index (χ3v) is 5.20. The summed E-state index contributed by atoms with van der Waals surface area (Å²) in [5.41, 5.74) is 1.47. The Morgan fingerprint density at radius 2 is 1.89 bits per heavy atom. The zero-order valence-electron chi connectivity index (χ0n) is 15.7. The van der Waals surface area contributed by atoms with E-state index in [-0.39, 0.29) is 17.9 Å². The molecule has 1 aliphatic rings. The lowest BCUT2D eigenvalue weighted by Crippen LogP contribution is -2.40. The van der Waals surface area contributed by atoms with Crippen molar-refractivity contribution in [2.75, 3.05) is 18.4 Å². The van der Waals surface area contributed by atoms with Crippen molar-refractivity contribution in [3.05, 3.63) is 58.7 Å². The van der Waals surface area contributed by atoms with Crippen LogP contribution in [0.5, 0.6) is 0 Å². The van der Waals surface area contributed by atoms with Crippen LogP contribution in [0.15, 0.2) is 42.6 Å². The Morgan fingerprint density at radius 1 is 1.22 bits per heavy atom. The molecule has 0 aliphatic carbocycles. The molecule has 0 bridgehead atoms. The fraction of sp³-hybridized carbons (Fsp3) is 0.429. The van der Waals surface area contributed by atoms with Gasteiger partial charge >= 0.3 is 0 Å². The van der Waals surface area contributed by atoms with Crippen molar-refractivity contribution in [1.82, 2.24) is 9.88 Å². The fourth-order valence-corrected chi connectivity index (χ4v) is 3.61. The van der Waals surface area contributed by atoms with Gasteiger partial charge in [-0.2, -0.15) is 0 Å². The van der Waals surface area contributed by atoms with Crippen LogP contribution in [0.1, 0.15) is 48.7 Å². The highest BCUT2D eigenvalue weighted by Crippen LogP contribution is 2.32. The van der Waals surface area contributed by atoms with Gasteiger partial charge in [-0.25, -0.2) is 4.98 Å². The summed E-state index contributed by atoms with van der Waals surface area (Å²) in [5, 5.41) is 14.6. The summed E-state index contributed by atoms with van der Waals surface area (Å²) in [5.74, 6) is 0.754. The molecule has 2 aromatic rings. The summed E-state index contributed by atoms with van der Waals surface area (Å²) in [6.07, 6.45) is 2.69. The highest BCUT2D eigenvalue weighted by atomic mass is 35.5. The predicted molar refractivity (Wildman–Crippen MR) is 108 cm³/mol. The van der Waals surface area contributed by atoms with E-state index in [9.17, 15) is 9.90 Å². The number of nitrogens with zero attached hydrogens (tertiary/aromatic N) is 2. The van der Waals surface area contributed by atoms with Crippen LogP contribution in [0.2, 0.25) is 5.02 Å². The zero-order chi connectivity index (χ0) is 19.4. The standard InChI is InChI=1S/C21H26ClN3O2/c1-14(2)24-20-18(4-3-11-23-20)21(27)25-12-9-16(10-13-25)19(26)15-5-7-17(22)8-6-15/h3-8,11,14,16,19,26H,9-10,12-13H2,1-2H3,(H,23,24). The number of amides is 1. The number of anilines is 1. The molecule has 1 fully saturated rings. The minimum atomic E-state index is -0.531. The van der Waals surface area contributed by atoms with Crippen LogP contribution in [-0.4, -0.2) is 40.0 Å². The Balaban J connectivity index is 1.64. The number of nitrogens with one attached hydrogen (secondary N) is 1. The summed E-state index contributed by atoms with van der Waals surface area (Å²) < 4.78 is 0. The molecule has 0 radical (unpaired) electrons. The van der Waals surface area contributed by atoms with Crippen molar-refractivity contribution >= 4 is 23.3 Å².